The van der Waals surface area contributed by atoms with Crippen LogP contribution in [0.4, 0.5) is 11.4 Å². The van der Waals surface area contributed by atoms with Gasteiger partial charge < -0.3 is 10.3 Å². The summed E-state index contributed by atoms with van der Waals surface area (Å²) in [4.78, 5) is 17.1. The summed E-state index contributed by atoms with van der Waals surface area (Å²) in [5, 5.41) is 13.8. The Balaban J connectivity index is 2.11. The first kappa shape index (κ1) is 11.4. The molecule has 1 aromatic heterocycles. The molecule has 0 aliphatic rings. The number of rotatable bonds is 4. The topological polar surface area (TPSA) is 83.8 Å². The normalized spacial score (nSPS) is 10.2. The molecule has 0 aliphatic carbocycles. The fourth-order valence-corrected chi connectivity index (χ4v) is 1.53. The molecule has 6 nitrogen and oxygen atoms in total. The number of hydrogen-bond donors (Lipinski definition) is 2. The Kier molecular flexibility index (Phi) is 3.24. The molecule has 0 amide bonds. The molecule has 0 aliphatic heterocycles. The number of imidazole rings is 1. The largest absolute Gasteiger partial charge is 0.378 e. The van der Waals surface area contributed by atoms with Gasteiger partial charge in [0, 0.05) is 24.1 Å². The van der Waals surface area contributed by atoms with Crippen LogP contribution in [0.15, 0.2) is 30.6 Å². The minimum absolute atomic E-state index is 0.115. The standard InChI is InChI=1S/C10H9ClN4O2/c11-8-2-1-7(5-9(8)15(16)17)14-6-10-12-3-4-13-10/h1-5,14H,6H2,(H,12,13). The molecule has 1 aromatic carbocycles. The fraction of sp³-hybridized carbons (Fsp3) is 0.100. The number of halogens is 1. The smallest absolute Gasteiger partial charge is 0.289 e. The number of anilines is 1. The Morgan fingerprint density at radius 2 is 2.35 bits per heavy atom. The van der Waals surface area contributed by atoms with Crippen LogP contribution in [0.2, 0.25) is 5.02 Å². The SMILES string of the molecule is O=[N+]([O-])c1cc(NCc2ncc[nH]2)ccc1Cl. The minimum atomic E-state index is -0.513. The highest BCUT2D eigenvalue weighted by Gasteiger charge is 2.12. The Morgan fingerprint density at radius 3 is 3.00 bits per heavy atom. The molecule has 17 heavy (non-hydrogen) atoms. The van der Waals surface area contributed by atoms with Crippen LogP contribution in [0.1, 0.15) is 5.82 Å². The zero-order valence-electron chi connectivity index (χ0n) is 8.68. The average molecular weight is 253 g/mol. The van der Waals surface area contributed by atoms with Crippen molar-refractivity contribution in [2.24, 2.45) is 0 Å². The first-order chi connectivity index (χ1) is 8.16. The lowest BCUT2D eigenvalue weighted by atomic mass is 10.3. The lowest BCUT2D eigenvalue weighted by Crippen LogP contribution is -2.01. The maximum absolute atomic E-state index is 10.7. The first-order valence-corrected chi connectivity index (χ1v) is 5.20. The van der Waals surface area contributed by atoms with Crippen molar-refractivity contribution >= 4 is 23.0 Å². The molecule has 0 spiro atoms. The number of nitro groups is 1. The summed E-state index contributed by atoms with van der Waals surface area (Å²) in [6, 6.07) is 4.56. The lowest BCUT2D eigenvalue weighted by molar-refractivity contribution is -0.384. The van der Waals surface area contributed by atoms with E-state index in [2.05, 4.69) is 15.3 Å². The molecule has 1 heterocycles. The molecule has 2 aromatic rings. The van der Waals surface area contributed by atoms with Gasteiger partial charge in [0.25, 0.3) is 5.69 Å². The van der Waals surface area contributed by atoms with Crippen LogP contribution in [0.3, 0.4) is 0 Å². The number of nitrogens with zero attached hydrogens (tertiary/aromatic N) is 2. The molecule has 0 atom stereocenters. The third-order valence-corrected chi connectivity index (χ3v) is 2.48. The molecule has 2 rings (SSSR count). The van der Waals surface area contributed by atoms with Crippen molar-refractivity contribution in [1.82, 2.24) is 9.97 Å². The Bertz CT molecular complexity index is 527. The van der Waals surface area contributed by atoms with Gasteiger partial charge in [-0.1, -0.05) is 11.6 Å². The van der Waals surface area contributed by atoms with Gasteiger partial charge in [0.1, 0.15) is 10.8 Å². The van der Waals surface area contributed by atoms with E-state index >= 15 is 0 Å². The molecule has 0 unspecified atom stereocenters. The van der Waals surface area contributed by atoms with E-state index in [1.54, 1.807) is 18.5 Å². The molecule has 7 heteroatoms. The van der Waals surface area contributed by atoms with Crippen molar-refractivity contribution < 1.29 is 4.92 Å². The molecule has 2 N–H and O–H groups in total. The molecular formula is C10H9ClN4O2. The Hall–Kier alpha value is -2.08. The summed E-state index contributed by atoms with van der Waals surface area (Å²) >= 11 is 5.70. The van der Waals surface area contributed by atoms with Crippen LogP contribution in [0.25, 0.3) is 0 Å². The van der Waals surface area contributed by atoms with E-state index in [-0.39, 0.29) is 10.7 Å². The summed E-state index contributed by atoms with van der Waals surface area (Å²) in [5.74, 6) is 0.752. The van der Waals surface area contributed by atoms with Crippen molar-refractivity contribution in [2.75, 3.05) is 5.32 Å². The number of hydrogen-bond acceptors (Lipinski definition) is 4. The molecule has 88 valence electrons. The predicted octanol–water partition coefficient (Wildman–Crippen LogP) is 2.58. The lowest BCUT2D eigenvalue weighted by Gasteiger charge is -2.04. The van der Waals surface area contributed by atoms with Crippen molar-refractivity contribution in [2.45, 2.75) is 6.54 Å². The van der Waals surface area contributed by atoms with Crippen LogP contribution in [-0.4, -0.2) is 14.9 Å². The van der Waals surface area contributed by atoms with E-state index in [0.29, 0.717) is 12.2 Å². The number of H-pyrrole nitrogens is 1. The van der Waals surface area contributed by atoms with Gasteiger partial charge in [0.15, 0.2) is 0 Å². The van der Waals surface area contributed by atoms with Gasteiger partial charge in [-0.05, 0) is 12.1 Å². The van der Waals surface area contributed by atoms with Gasteiger partial charge >= 0.3 is 0 Å². The van der Waals surface area contributed by atoms with E-state index < -0.39 is 4.92 Å². The highest BCUT2D eigenvalue weighted by Crippen LogP contribution is 2.27. The Morgan fingerprint density at radius 1 is 1.53 bits per heavy atom. The predicted molar refractivity (Wildman–Crippen MR) is 64.0 cm³/mol. The number of aromatic amines is 1. The van der Waals surface area contributed by atoms with Crippen molar-refractivity contribution in [3.05, 3.63) is 51.6 Å². The van der Waals surface area contributed by atoms with Crippen LogP contribution in [-0.2, 0) is 6.54 Å². The molecule has 0 bridgehead atoms. The molecule has 0 saturated heterocycles. The van der Waals surface area contributed by atoms with Crippen LogP contribution < -0.4 is 5.32 Å². The van der Waals surface area contributed by atoms with E-state index in [9.17, 15) is 10.1 Å². The van der Waals surface area contributed by atoms with E-state index in [1.807, 2.05) is 0 Å². The quantitative estimate of drug-likeness (QED) is 0.647. The van der Waals surface area contributed by atoms with Crippen molar-refractivity contribution in [3.63, 3.8) is 0 Å². The van der Waals surface area contributed by atoms with Gasteiger partial charge in [-0.3, -0.25) is 10.1 Å². The average Bonchev–Trinajstić information content (AvgIpc) is 2.80. The van der Waals surface area contributed by atoms with Crippen LogP contribution >= 0.6 is 11.6 Å². The summed E-state index contributed by atoms with van der Waals surface area (Å²) in [7, 11) is 0. The number of nitrogens with one attached hydrogen (secondary N) is 2. The highest BCUT2D eigenvalue weighted by atomic mass is 35.5. The second-order valence-corrected chi connectivity index (χ2v) is 3.72. The summed E-state index contributed by atoms with van der Waals surface area (Å²) in [6.45, 7) is 0.464. The third-order valence-electron chi connectivity index (χ3n) is 2.16. The zero-order chi connectivity index (χ0) is 12.3. The number of benzene rings is 1. The first-order valence-electron chi connectivity index (χ1n) is 4.83. The van der Waals surface area contributed by atoms with E-state index in [0.717, 1.165) is 5.82 Å². The molecule has 0 fully saturated rings. The van der Waals surface area contributed by atoms with Gasteiger partial charge in [0.2, 0.25) is 0 Å². The summed E-state index contributed by atoms with van der Waals surface area (Å²) in [6.07, 6.45) is 3.35. The number of aromatic nitrogens is 2. The van der Waals surface area contributed by atoms with Gasteiger partial charge in [-0.2, -0.15) is 0 Å². The van der Waals surface area contributed by atoms with Crippen LogP contribution in [0.5, 0.6) is 0 Å². The van der Waals surface area contributed by atoms with Crippen molar-refractivity contribution in [1.29, 1.82) is 0 Å². The molecular weight excluding hydrogens is 244 g/mol. The minimum Gasteiger partial charge on any atom is -0.378 e. The second kappa shape index (κ2) is 4.84. The summed E-state index contributed by atoms with van der Waals surface area (Å²) < 4.78 is 0. The fourth-order valence-electron chi connectivity index (χ4n) is 1.34. The maximum Gasteiger partial charge on any atom is 0.289 e. The van der Waals surface area contributed by atoms with Crippen LogP contribution in [0, 0.1) is 10.1 Å². The van der Waals surface area contributed by atoms with Gasteiger partial charge in [-0.15, -0.1) is 0 Å². The maximum atomic E-state index is 10.7. The monoisotopic (exact) mass is 252 g/mol. The third kappa shape index (κ3) is 2.73. The number of nitro benzene ring substituents is 1. The van der Waals surface area contributed by atoms with Gasteiger partial charge in [-0.25, -0.2) is 4.98 Å². The Labute approximate surface area is 102 Å². The van der Waals surface area contributed by atoms with E-state index in [4.69, 9.17) is 11.6 Å². The second-order valence-electron chi connectivity index (χ2n) is 3.31. The summed E-state index contributed by atoms with van der Waals surface area (Å²) in [5.41, 5.74) is 0.508. The zero-order valence-corrected chi connectivity index (χ0v) is 9.44. The van der Waals surface area contributed by atoms with E-state index in [1.165, 1.54) is 12.1 Å². The van der Waals surface area contributed by atoms with Gasteiger partial charge in [0.05, 0.1) is 11.5 Å². The molecule has 0 radical (unpaired) electrons. The highest BCUT2D eigenvalue weighted by molar-refractivity contribution is 6.32. The van der Waals surface area contributed by atoms with Crippen molar-refractivity contribution in [3.8, 4) is 0 Å². The molecule has 0 saturated carbocycles.